The number of carbonyl (C=O) groups is 1. The van der Waals surface area contributed by atoms with Gasteiger partial charge >= 0.3 is 0 Å². The molecule has 4 aromatic rings. The number of nitrogens with one attached hydrogen (secondary N) is 2. The van der Waals surface area contributed by atoms with Crippen LogP contribution < -0.4 is 10.1 Å². The Morgan fingerprint density at radius 3 is 2.65 bits per heavy atom. The van der Waals surface area contributed by atoms with Gasteiger partial charge in [0.05, 0.1) is 28.7 Å². The fourth-order valence-corrected chi connectivity index (χ4v) is 3.41. The first kappa shape index (κ1) is 20.5. The van der Waals surface area contributed by atoms with Gasteiger partial charge < -0.3 is 20.1 Å². The van der Waals surface area contributed by atoms with E-state index < -0.39 is 0 Å². The van der Waals surface area contributed by atoms with Crippen molar-refractivity contribution in [2.24, 2.45) is 0 Å². The Balaban J connectivity index is 1.74. The fraction of sp³-hybridized carbons (Fsp3) is 0.0833. The summed E-state index contributed by atoms with van der Waals surface area (Å²) in [7, 11) is 1.44. The summed E-state index contributed by atoms with van der Waals surface area (Å²) in [5, 5.41) is 13.1. The number of aromatic amines is 1. The Kier molecular flexibility index (Phi) is 5.91. The molecule has 31 heavy (non-hydrogen) atoms. The SMILES string of the molecule is COc1cc(/C=C(\C(=O)NCc2ccccc2)c2nc3ccccc3[nH]2)cc(Cl)c1O. The second-order valence-electron chi connectivity index (χ2n) is 6.88. The molecule has 0 saturated heterocycles. The molecule has 1 heterocycles. The summed E-state index contributed by atoms with van der Waals surface area (Å²) in [5.74, 6) is 0.188. The molecular formula is C24H20ClN3O3. The second kappa shape index (κ2) is 8.93. The lowest BCUT2D eigenvalue weighted by molar-refractivity contribution is -0.115. The molecule has 0 aliphatic rings. The van der Waals surface area contributed by atoms with Crippen molar-refractivity contribution in [2.75, 3.05) is 7.11 Å². The predicted molar refractivity (Wildman–Crippen MR) is 122 cm³/mol. The van der Waals surface area contributed by atoms with Crippen LogP contribution >= 0.6 is 11.6 Å². The average molecular weight is 434 g/mol. The topological polar surface area (TPSA) is 87.2 Å². The molecule has 4 rings (SSSR count). The third-order valence-corrected chi connectivity index (χ3v) is 5.05. The van der Waals surface area contributed by atoms with E-state index in [9.17, 15) is 9.90 Å². The van der Waals surface area contributed by atoms with Crippen LogP contribution in [0.1, 0.15) is 17.0 Å². The van der Waals surface area contributed by atoms with E-state index in [1.165, 1.54) is 7.11 Å². The van der Waals surface area contributed by atoms with Gasteiger partial charge in [0.15, 0.2) is 11.5 Å². The Morgan fingerprint density at radius 1 is 1.16 bits per heavy atom. The number of aromatic hydroxyl groups is 1. The molecule has 156 valence electrons. The van der Waals surface area contributed by atoms with Crippen molar-refractivity contribution in [2.45, 2.75) is 6.54 Å². The third kappa shape index (κ3) is 4.54. The maximum absolute atomic E-state index is 13.2. The Labute approximate surface area is 184 Å². The first-order valence-electron chi connectivity index (χ1n) is 9.60. The normalized spacial score (nSPS) is 11.5. The summed E-state index contributed by atoms with van der Waals surface area (Å²) in [6, 6.07) is 20.4. The Morgan fingerprint density at radius 2 is 1.90 bits per heavy atom. The molecule has 0 aliphatic carbocycles. The number of imidazole rings is 1. The minimum absolute atomic E-state index is 0.124. The summed E-state index contributed by atoms with van der Waals surface area (Å²) in [5.41, 5.74) is 3.47. The zero-order valence-electron chi connectivity index (χ0n) is 16.7. The number of carbonyl (C=O) groups excluding carboxylic acids is 1. The van der Waals surface area contributed by atoms with Gasteiger partial charge in [-0.2, -0.15) is 0 Å². The number of ether oxygens (including phenoxy) is 1. The van der Waals surface area contributed by atoms with Gasteiger partial charge in [-0.3, -0.25) is 4.79 Å². The average Bonchev–Trinajstić information content (AvgIpc) is 3.22. The molecule has 1 amide bonds. The lowest BCUT2D eigenvalue weighted by Gasteiger charge is -2.10. The lowest BCUT2D eigenvalue weighted by atomic mass is 10.1. The summed E-state index contributed by atoms with van der Waals surface area (Å²) >= 11 is 6.13. The molecular weight excluding hydrogens is 414 g/mol. The number of benzene rings is 3. The van der Waals surface area contributed by atoms with Gasteiger partial charge in [-0.25, -0.2) is 4.98 Å². The standard InChI is InChI=1S/C24H20ClN3O3/c1-31-21-13-16(12-18(25)22(21)29)11-17(23-27-19-9-5-6-10-20(19)28-23)24(30)26-14-15-7-3-2-4-8-15/h2-13,29H,14H2,1H3,(H,26,30)(H,27,28)/b17-11-. The van der Waals surface area contributed by atoms with E-state index in [1.54, 1.807) is 18.2 Å². The quantitative estimate of drug-likeness (QED) is 0.381. The fourth-order valence-electron chi connectivity index (χ4n) is 3.19. The summed E-state index contributed by atoms with van der Waals surface area (Å²) in [6.07, 6.45) is 1.66. The molecule has 0 spiro atoms. The highest BCUT2D eigenvalue weighted by Crippen LogP contribution is 2.36. The van der Waals surface area contributed by atoms with E-state index in [1.807, 2.05) is 54.6 Å². The van der Waals surface area contributed by atoms with E-state index >= 15 is 0 Å². The number of halogens is 1. The van der Waals surface area contributed by atoms with Crippen LogP contribution in [0.4, 0.5) is 0 Å². The highest BCUT2D eigenvalue weighted by Gasteiger charge is 2.17. The smallest absolute Gasteiger partial charge is 0.255 e. The van der Waals surface area contributed by atoms with Crippen LogP contribution in [-0.4, -0.2) is 28.1 Å². The van der Waals surface area contributed by atoms with Crippen molar-refractivity contribution >= 4 is 40.2 Å². The minimum atomic E-state index is -0.300. The summed E-state index contributed by atoms with van der Waals surface area (Å²) in [4.78, 5) is 20.9. The van der Waals surface area contributed by atoms with Crippen molar-refractivity contribution in [3.05, 3.63) is 88.7 Å². The first-order valence-corrected chi connectivity index (χ1v) is 9.98. The molecule has 3 aromatic carbocycles. The summed E-state index contributed by atoms with van der Waals surface area (Å²) in [6.45, 7) is 0.372. The molecule has 0 radical (unpaired) electrons. The highest BCUT2D eigenvalue weighted by atomic mass is 35.5. The van der Waals surface area contributed by atoms with E-state index in [4.69, 9.17) is 16.3 Å². The largest absolute Gasteiger partial charge is 0.503 e. The van der Waals surface area contributed by atoms with Crippen LogP contribution in [0, 0.1) is 0 Å². The maximum Gasteiger partial charge on any atom is 0.255 e. The zero-order chi connectivity index (χ0) is 21.8. The van der Waals surface area contributed by atoms with Crippen LogP contribution in [0.15, 0.2) is 66.7 Å². The number of nitrogens with zero attached hydrogens (tertiary/aromatic N) is 1. The van der Waals surface area contributed by atoms with Gasteiger partial charge in [0.25, 0.3) is 5.91 Å². The van der Waals surface area contributed by atoms with Crippen LogP contribution in [0.2, 0.25) is 5.02 Å². The van der Waals surface area contributed by atoms with Crippen LogP contribution in [0.3, 0.4) is 0 Å². The molecule has 0 unspecified atom stereocenters. The number of methoxy groups -OCH3 is 1. The number of amides is 1. The number of fused-ring (bicyclic) bond motifs is 1. The third-order valence-electron chi connectivity index (χ3n) is 4.77. The minimum Gasteiger partial charge on any atom is -0.503 e. The Bertz CT molecular complexity index is 1230. The first-order chi connectivity index (χ1) is 15.0. The van der Waals surface area contributed by atoms with E-state index in [-0.39, 0.29) is 22.4 Å². The number of hydrogen-bond donors (Lipinski definition) is 3. The number of phenolic OH excluding ortho intramolecular Hbond substituents is 1. The number of rotatable bonds is 6. The maximum atomic E-state index is 13.2. The van der Waals surface area contributed by atoms with Gasteiger partial charge in [-0.1, -0.05) is 54.1 Å². The van der Waals surface area contributed by atoms with Gasteiger partial charge in [-0.15, -0.1) is 0 Å². The van der Waals surface area contributed by atoms with Crippen molar-refractivity contribution in [1.82, 2.24) is 15.3 Å². The zero-order valence-corrected chi connectivity index (χ0v) is 17.5. The number of phenols is 1. The second-order valence-corrected chi connectivity index (χ2v) is 7.29. The van der Waals surface area contributed by atoms with E-state index in [2.05, 4.69) is 15.3 Å². The monoisotopic (exact) mass is 433 g/mol. The molecule has 0 fully saturated rings. The van der Waals surface area contributed by atoms with Crippen molar-refractivity contribution in [3.8, 4) is 11.5 Å². The molecule has 7 heteroatoms. The molecule has 0 bridgehead atoms. The Hall–Kier alpha value is -3.77. The predicted octanol–water partition coefficient (Wildman–Crippen LogP) is 4.79. The molecule has 0 aliphatic heterocycles. The van der Waals surface area contributed by atoms with Crippen molar-refractivity contribution in [1.29, 1.82) is 0 Å². The highest BCUT2D eigenvalue weighted by molar-refractivity contribution is 6.32. The van der Waals surface area contributed by atoms with Gasteiger partial charge in [-0.05, 0) is 41.5 Å². The number of aromatic nitrogens is 2. The van der Waals surface area contributed by atoms with Gasteiger partial charge in [0.2, 0.25) is 0 Å². The molecule has 0 saturated carbocycles. The van der Waals surface area contributed by atoms with Crippen LogP contribution in [-0.2, 0) is 11.3 Å². The lowest BCUT2D eigenvalue weighted by Crippen LogP contribution is -2.24. The molecule has 3 N–H and O–H groups in total. The van der Waals surface area contributed by atoms with Crippen LogP contribution in [0.25, 0.3) is 22.7 Å². The van der Waals surface area contributed by atoms with Gasteiger partial charge in [0.1, 0.15) is 5.82 Å². The number of hydrogen-bond acceptors (Lipinski definition) is 4. The molecule has 1 aromatic heterocycles. The van der Waals surface area contributed by atoms with E-state index in [0.717, 1.165) is 16.6 Å². The summed E-state index contributed by atoms with van der Waals surface area (Å²) < 4.78 is 5.18. The van der Waals surface area contributed by atoms with Crippen molar-refractivity contribution < 1.29 is 14.6 Å². The molecule has 6 nitrogen and oxygen atoms in total. The van der Waals surface area contributed by atoms with Gasteiger partial charge in [0, 0.05) is 6.54 Å². The van der Waals surface area contributed by atoms with Crippen molar-refractivity contribution in [3.63, 3.8) is 0 Å². The number of para-hydroxylation sites is 2. The number of H-pyrrole nitrogens is 1. The van der Waals surface area contributed by atoms with E-state index in [0.29, 0.717) is 23.5 Å². The van der Waals surface area contributed by atoms with Crippen LogP contribution in [0.5, 0.6) is 11.5 Å². The molecule has 0 atom stereocenters.